The number of rotatable bonds is 5. The van der Waals surface area contributed by atoms with Gasteiger partial charge in [-0.2, -0.15) is 0 Å². The molecule has 2 rings (SSSR count). The van der Waals surface area contributed by atoms with Gasteiger partial charge in [0.2, 0.25) is 0 Å². The van der Waals surface area contributed by atoms with Gasteiger partial charge in [-0.1, -0.05) is 12.1 Å². The van der Waals surface area contributed by atoms with E-state index in [1.807, 2.05) is 13.2 Å². The summed E-state index contributed by atoms with van der Waals surface area (Å²) >= 11 is 3.55. The number of halogens is 1. The Hall–Kier alpha value is -0.580. The van der Waals surface area contributed by atoms with Crippen LogP contribution < -0.4 is 5.32 Å². The van der Waals surface area contributed by atoms with Gasteiger partial charge in [-0.05, 0) is 47.4 Å². The second-order valence-corrected chi connectivity index (χ2v) is 5.56. The molecule has 18 heavy (non-hydrogen) atoms. The Balaban J connectivity index is 1.73. The fourth-order valence-corrected chi connectivity index (χ4v) is 2.79. The standard InChI is InChI=1S/C14H21BrN2O/c1-18-12-5-4-9-17(11-12)10-8-16-14-7-3-2-6-13(14)15/h2-3,6-7,12,16H,4-5,8-11H2,1H3. The van der Waals surface area contributed by atoms with Crippen molar-refractivity contribution in [3.05, 3.63) is 28.7 Å². The van der Waals surface area contributed by atoms with E-state index in [-0.39, 0.29) is 0 Å². The Morgan fingerprint density at radius 1 is 1.44 bits per heavy atom. The van der Waals surface area contributed by atoms with Crippen molar-refractivity contribution in [2.75, 3.05) is 38.6 Å². The third-order valence-electron chi connectivity index (χ3n) is 3.41. The van der Waals surface area contributed by atoms with Crippen molar-refractivity contribution in [2.24, 2.45) is 0 Å². The fourth-order valence-electron chi connectivity index (χ4n) is 2.36. The molecule has 0 amide bonds. The van der Waals surface area contributed by atoms with Gasteiger partial charge in [0, 0.05) is 36.9 Å². The fraction of sp³-hybridized carbons (Fsp3) is 0.571. The highest BCUT2D eigenvalue weighted by molar-refractivity contribution is 9.10. The molecule has 3 nitrogen and oxygen atoms in total. The molecule has 1 saturated heterocycles. The van der Waals surface area contributed by atoms with E-state index in [0.29, 0.717) is 6.10 Å². The first-order valence-electron chi connectivity index (χ1n) is 6.53. The maximum atomic E-state index is 5.44. The van der Waals surface area contributed by atoms with Crippen LogP contribution in [0.4, 0.5) is 5.69 Å². The lowest BCUT2D eigenvalue weighted by Crippen LogP contribution is -2.41. The molecule has 1 aliphatic rings. The minimum absolute atomic E-state index is 0.419. The number of benzene rings is 1. The zero-order chi connectivity index (χ0) is 12.8. The van der Waals surface area contributed by atoms with Crippen LogP contribution in [0.5, 0.6) is 0 Å². The van der Waals surface area contributed by atoms with Crippen LogP contribution >= 0.6 is 15.9 Å². The second-order valence-electron chi connectivity index (χ2n) is 4.71. The third kappa shape index (κ3) is 3.97. The number of para-hydroxylation sites is 1. The molecule has 1 atom stereocenters. The third-order valence-corrected chi connectivity index (χ3v) is 4.10. The zero-order valence-electron chi connectivity index (χ0n) is 10.9. The van der Waals surface area contributed by atoms with Crippen molar-refractivity contribution in [2.45, 2.75) is 18.9 Å². The lowest BCUT2D eigenvalue weighted by molar-refractivity contribution is 0.0329. The minimum atomic E-state index is 0.419. The molecule has 0 aliphatic carbocycles. The number of hydrogen-bond acceptors (Lipinski definition) is 3. The SMILES string of the molecule is COC1CCCN(CCNc2ccccc2Br)C1. The first-order valence-corrected chi connectivity index (χ1v) is 7.32. The van der Waals surface area contributed by atoms with Gasteiger partial charge < -0.3 is 10.1 Å². The van der Waals surface area contributed by atoms with Crippen LogP contribution in [0.15, 0.2) is 28.7 Å². The predicted molar refractivity (Wildman–Crippen MR) is 79.1 cm³/mol. The van der Waals surface area contributed by atoms with Crippen molar-refractivity contribution in [1.29, 1.82) is 0 Å². The first kappa shape index (κ1) is 13.8. The predicted octanol–water partition coefficient (Wildman–Crippen LogP) is 2.97. The molecular weight excluding hydrogens is 292 g/mol. The van der Waals surface area contributed by atoms with E-state index in [0.717, 1.165) is 29.8 Å². The van der Waals surface area contributed by atoms with Gasteiger partial charge >= 0.3 is 0 Å². The minimum Gasteiger partial charge on any atom is -0.383 e. The van der Waals surface area contributed by atoms with E-state index in [1.54, 1.807) is 0 Å². The summed E-state index contributed by atoms with van der Waals surface area (Å²) in [6, 6.07) is 8.24. The summed E-state index contributed by atoms with van der Waals surface area (Å²) in [5.41, 5.74) is 1.16. The number of nitrogens with one attached hydrogen (secondary N) is 1. The number of methoxy groups -OCH3 is 1. The summed E-state index contributed by atoms with van der Waals surface area (Å²) in [6.45, 7) is 4.30. The molecule has 0 spiro atoms. The number of ether oxygens (including phenoxy) is 1. The summed E-state index contributed by atoms with van der Waals surface area (Å²) in [5, 5.41) is 3.46. The summed E-state index contributed by atoms with van der Waals surface area (Å²) in [4.78, 5) is 2.47. The topological polar surface area (TPSA) is 24.5 Å². The smallest absolute Gasteiger partial charge is 0.0698 e. The number of hydrogen-bond donors (Lipinski definition) is 1. The molecule has 100 valence electrons. The first-order chi connectivity index (χ1) is 8.79. The van der Waals surface area contributed by atoms with Crippen LogP contribution in [0, 0.1) is 0 Å². The number of nitrogens with zero attached hydrogens (tertiary/aromatic N) is 1. The van der Waals surface area contributed by atoms with Gasteiger partial charge in [0.25, 0.3) is 0 Å². The molecular formula is C14H21BrN2O. The van der Waals surface area contributed by atoms with Gasteiger partial charge in [-0.25, -0.2) is 0 Å². The highest BCUT2D eigenvalue weighted by Gasteiger charge is 2.18. The summed E-state index contributed by atoms with van der Waals surface area (Å²) in [7, 11) is 1.81. The molecule has 4 heteroatoms. The van der Waals surface area contributed by atoms with Gasteiger partial charge in [-0.3, -0.25) is 4.90 Å². The Kier molecular flexibility index (Phi) is 5.47. The molecule has 1 heterocycles. The zero-order valence-corrected chi connectivity index (χ0v) is 12.4. The number of anilines is 1. The van der Waals surface area contributed by atoms with Gasteiger partial charge in [0.1, 0.15) is 0 Å². The Morgan fingerprint density at radius 3 is 3.06 bits per heavy atom. The number of likely N-dealkylation sites (tertiary alicyclic amines) is 1. The number of piperidine rings is 1. The molecule has 1 aliphatic heterocycles. The Bertz CT molecular complexity index is 373. The van der Waals surface area contributed by atoms with Crippen LogP contribution in [0.2, 0.25) is 0 Å². The van der Waals surface area contributed by atoms with Crippen molar-refractivity contribution in [3.8, 4) is 0 Å². The van der Waals surface area contributed by atoms with Crippen molar-refractivity contribution >= 4 is 21.6 Å². The summed E-state index contributed by atoms with van der Waals surface area (Å²) in [5.74, 6) is 0. The second kappa shape index (κ2) is 7.12. The van der Waals surface area contributed by atoms with Gasteiger partial charge in [0.15, 0.2) is 0 Å². The molecule has 1 N–H and O–H groups in total. The van der Waals surface area contributed by atoms with E-state index in [9.17, 15) is 0 Å². The molecule has 0 aromatic heterocycles. The van der Waals surface area contributed by atoms with E-state index >= 15 is 0 Å². The Labute approximate surface area is 118 Å². The van der Waals surface area contributed by atoms with Crippen LogP contribution in [0.1, 0.15) is 12.8 Å². The van der Waals surface area contributed by atoms with Crippen LogP contribution in [0.25, 0.3) is 0 Å². The van der Waals surface area contributed by atoms with E-state index < -0.39 is 0 Å². The largest absolute Gasteiger partial charge is 0.383 e. The summed E-state index contributed by atoms with van der Waals surface area (Å²) in [6.07, 6.45) is 2.86. The lowest BCUT2D eigenvalue weighted by Gasteiger charge is -2.31. The lowest BCUT2D eigenvalue weighted by atomic mass is 10.1. The van der Waals surface area contributed by atoms with Crippen molar-refractivity contribution in [3.63, 3.8) is 0 Å². The quantitative estimate of drug-likeness (QED) is 0.904. The van der Waals surface area contributed by atoms with Crippen molar-refractivity contribution in [1.82, 2.24) is 4.90 Å². The van der Waals surface area contributed by atoms with Crippen LogP contribution in [-0.4, -0.2) is 44.3 Å². The Morgan fingerprint density at radius 2 is 2.28 bits per heavy atom. The summed E-state index contributed by atoms with van der Waals surface area (Å²) < 4.78 is 6.56. The highest BCUT2D eigenvalue weighted by atomic mass is 79.9. The molecule has 1 aromatic rings. The van der Waals surface area contributed by atoms with Gasteiger partial charge in [-0.15, -0.1) is 0 Å². The van der Waals surface area contributed by atoms with E-state index in [4.69, 9.17) is 4.74 Å². The normalized spacial score (nSPS) is 20.9. The molecule has 1 aromatic carbocycles. The maximum absolute atomic E-state index is 5.44. The molecule has 0 radical (unpaired) electrons. The van der Waals surface area contributed by atoms with Gasteiger partial charge in [0.05, 0.1) is 6.10 Å². The van der Waals surface area contributed by atoms with Crippen molar-refractivity contribution < 1.29 is 4.74 Å². The van der Waals surface area contributed by atoms with E-state index in [1.165, 1.54) is 19.4 Å². The van der Waals surface area contributed by atoms with Crippen LogP contribution in [0.3, 0.4) is 0 Å². The monoisotopic (exact) mass is 312 g/mol. The van der Waals surface area contributed by atoms with Crippen LogP contribution in [-0.2, 0) is 4.74 Å². The molecule has 1 fully saturated rings. The molecule has 1 unspecified atom stereocenters. The molecule has 0 saturated carbocycles. The maximum Gasteiger partial charge on any atom is 0.0698 e. The molecule has 0 bridgehead atoms. The highest BCUT2D eigenvalue weighted by Crippen LogP contribution is 2.21. The average molecular weight is 313 g/mol. The van der Waals surface area contributed by atoms with E-state index in [2.05, 4.69) is 44.3 Å². The average Bonchev–Trinajstić information content (AvgIpc) is 2.41.